The molecule has 2 atom stereocenters. The van der Waals surface area contributed by atoms with Crippen LogP contribution in [0.1, 0.15) is 30.5 Å². The molecule has 0 bridgehead atoms. The number of halogens is 1. The molecule has 1 saturated heterocycles. The first-order valence-electron chi connectivity index (χ1n) is 7.88. The number of hydrogen-bond donors (Lipinski definition) is 2. The molecular formula is C17H27ClN2O4. The monoisotopic (exact) mass is 358 g/mol. The Hall–Kier alpha value is -1.50. The van der Waals surface area contributed by atoms with E-state index in [2.05, 4.69) is 10.6 Å². The summed E-state index contributed by atoms with van der Waals surface area (Å²) in [7, 11) is 3.22. The first-order valence-corrected chi connectivity index (χ1v) is 7.88. The van der Waals surface area contributed by atoms with E-state index in [-0.39, 0.29) is 30.4 Å². The van der Waals surface area contributed by atoms with Crippen molar-refractivity contribution in [1.82, 2.24) is 10.6 Å². The molecule has 2 N–H and O–H groups in total. The molecule has 136 valence electrons. The molecule has 1 aliphatic rings. The fourth-order valence-corrected chi connectivity index (χ4v) is 2.82. The Balaban J connectivity index is 0.00000288. The van der Waals surface area contributed by atoms with E-state index in [1.165, 1.54) is 0 Å². The van der Waals surface area contributed by atoms with Crippen LogP contribution < -0.4 is 20.1 Å². The van der Waals surface area contributed by atoms with E-state index >= 15 is 0 Å². The van der Waals surface area contributed by atoms with E-state index in [0.29, 0.717) is 31.1 Å². The zero-order valence-electron chi connectivity index (χ0n) is 14.7. The number of benzene rings is 1. The quantitative estimate of drug-likeness (QED) is 0.814. The van der Waals surface area contributed by atoms with Crippen LogP contribution in [-0.2, 0) is 9.53 Å². The third kappa shape index (κ3) is 5.26. The van der Waals surface area contributed by atoms with Gasteiger partial charge < -0.3 is 24.8 Å². The van der Waals surface area contributed by atoms with Gasteiger partial charge in [-0.3, -0.25) is 4.79 Å². The number of hydrogen-bond acceptors (Lipinski definition) is 5. The van der Waals surface area contributed by atoms with Gasteiger partial charge in [0.05, 0.1) is 33.5 Å². The summed E-state index contributed by atoms with van der Waals surface area (Å²) in [5.41, 5.74) is 2.07. The van der Waals surface area contributed by atoms with Crippen molar-refractivity contribution < 1.29 is 19.0 Å². The summed E-state index contributed by atoms with van der Waals surface area (Å²) < 4.78 is 16.0. The lowest BCUT2D eigenvalue weighted by molar-refractivity contribution is -0.122. The van der Waals surface area contributed by atoms with Crippen molar-refractivity contribution in [3.05, 3.63) is 23.3 Å². The van der Waals surface area contributed by atoms with E-state index in [1.807, 2.05) is 26.0 Å². The van der Waals surface area contributed by atoms with E-state index < -0.39 is 0 Å². The van der Waals surface area contributed by atoms with Crippen LogP contribution in [0.5, 0.6) is 11.5 Å². The first-order chi connectivity index (χ1) is 11.0. The Morgan fingerprint density at radius 1 is 1.38 bits per heavy atom. The number of amides is 1. The lowest BCUT2D eigenvalue weighted by Crippen LogP contribution is -2.44. The molecule has 1 aliphatic heterocycles. The summed E-state index contributed by atoms with van der Waals surface area (Å²) in [5, 5.41) is 6.33. The molecule has 1 heterocycles. The first kappa shape index (κ1) is 20.5. The van der Waals surface area contributed by atoms with Gasteiger partial charge >= 0.3 is 0 Å². The molecule has 2 rings (SSSR count). The number of ether oxygens (including phenoxy) is 3. The molecule has 6 nitrogen and oxygen atoms in total. The fraction of sp³-hybridized carbons (Fsp3) is 0.588. The second-order valence-electron chi connectivity index (χ2n) is 5.78. The summed E-state index contributed by atoms with van der Waals surface area (Å²) in [6.45, 7) is 6.05. The van der Waals surface area contributed by atoms with Crippen molar-refractivity contribution in [3.8, 4) is 11.5 Å². The molecule has 1 amide bonds. The lowest BCUT2D eigenvalue weighted by atomic mass is 10.0. The van der Waals surface area contributed by atoms with Crippen LogP contribution >= 0.6 is 12.4 Å². The molecule has 0 saturated carbocycles. The Kier molecular flexibility index (Phi) is 8.31. The maximum atomic E-state index is 12.2. The Morgan fingerprint density at radius 2 is 2.04 bits per heavy atom. The molecule has 0 radical (unpaired) electrons. The summed E-state index contributed by atoms with van der Waals surface area (Å²) in [6.07, 6.45) is 0.413. The number of aryl methyl sites for hydroxylation is 1. The maximum Gasteiger partial charge on any atom is 0.222 e. The molecule has 0 spiro atoms. The number of carbonyl (C=O) groups is 1. The third-order valence-electron chi connectivity index (χ3n) is 4.05. The van der Waals surface area contributed by atoms with Crippen molar-refractivity contribution in [2.24, 2.45) is 0 Å². The number of methoxy groups -OCH3 is 2. The van der Waals surface area contributed by atoms with Crippen molar-refractivity contribution in [2.75, 3.05) is 34.0 Å². The van der Waals surface area contributed by atoms with Crippen LogP contribution in [0.3, 0.4) is 0 Å². The van der Waals surface area contributed by atoms with Gasteiger partial charge in [-0.2, -0.15) is 0 Å². The highest BCUT2D eigenvalue weighted by Crippen LogP contribution is 2.32. The van der Waals surface area contributed by atoms with Crippen LogP contribution in [-0.4, -0.2) is 45.9 Å². The summed E-state index contributed by atoms with van der Waals surface area (Å²) in [4.78, 5) is 12.2. The highest BCUT2D eigenvalue weighted by atomic mass is 35.5. The zero-order valence-corrected chi connectivity index (χ0v) is 15.5. The summed E-state index contributed by atoms with van der Waals surface area (Å²) in [6, 6.07) is 3.82. The van der Waals surface area contributed by atoms with Gasteiger partial charge in [0, 0.05) is 19.0 Å². The minimum atomic E-state index is -0.105. The molecule has 1 aromatic rings. The van der Waals surface area contributed by atoms with Crippen molar-refractivity contribution in [2.45, 2.75) is 32.4 Å². The van der Waals surface area contributed by atoms with Gasteiger partial charge in [0.1, 0.15) is 0 Å². The average Bonchev–Trinajstić information content (AvgIpc) is 2.55. The predicted octanol–water partition coefficient (Wildman–Crippen LogP) is 1.99. The predicted molar refractivity (Wildman–Crippen MR) is 95.3 cm³/mol. The normalized spacial score (nSPS) is 18.2. The van der Waals surface area contributed by atoms with E-state index in [4.69, 9.17) is 14.2 Å². The second-order valence-corrected chi connectivity index (χ2v) is 5.78. The van der Waals surface area contributed by atoms with Gasteiger partial charge in [-0.25, -0.2) is 0 Å². The molecule has 0 aliphatic carbocycles. The molecule has 1 fully saturated rings. The minimum Gasteiger partial charge on any atom is -0.493 e. The lowest BCUT2D eigenvalue weighted by Gasteiger charge is -2.24. The minimum absolute atomic E-state index is 0. The van der Waals surface area contributed by atoms with E-state index in [0.717, 1.165) is 17.7 Å². The molecular weight excluding hydrogens is 332 g/mol. The van der Waals surface area contributed by atoms with Crippen LogP contribution in [0.2, 0.25) is 0 Å². The maximum absolute atomic E-state index is 12.2. The number of carbonyl (C=O) groups excluding carboxylic acids is 1. The Labute approximate surface area is 149 Å². The van der Waals surface area contributed by atoms with Crippen molar-refractivity contribution >= 4 is 18.3 Å². The number of nitrogens with one attached hydrogen (secondary N) is 2. The molecule has 7 heteroatoms. The average molecular weight is 359 g/mol. The van der Waals surface area contributed by atoms with Gasteiger partial charge in [-0.05, 0) is 37.1 Å². The smallest absolute Gasteiger partial charge is 0.222 e. The van der Waals surface area contributed by atoms with Gasteiger partial charge in [0.15, 0.2) is 11.5 Å². The zero-order chi connectivity index (χ0) is 16.8. The van der Waals surface area contributed by atoms with Crippen molar-refractivity contribution in [3.63, 3.8) is 0 Å². The van der Waals surface area contributed by atoms with Gasteiger partial charge in [-0.1, -0.05) is 0 Å². The third-order valence-corrected chi connectivity index (χ3v) is 4.05. The van der Waals surface area contributed by atoms with Gasteiger partial charge in [-0.15, -0.1) is 12.4 Å². The van der Waals surface area contributed by atoms with E-state index in [9.17, 15) is 4.79 Å². The van der Waals surface area contributed by atoms with Crippen LogP contribution in [0, 0.1) is 6.92 Å². The highest BCUT2D eigenvalue weighted by Gasteiger charge is 2.20. The topological polar surface area (TPSA) is 68.8 Å². The second kappa shape index (κ2) is 9.71. The number of rotatable bonds is 6. The largest absolute Gasteiger partial charge is 0.493 e. The summed E-state index contributed by atoms with van der Waals surface area (Å²) >= 11 is 0. The van der Waals surface area contributed by atoms with Gasteiger partial charge in [0.25, 0.3) is 0 Å². The Bertz CT molecular complexity index is 548. The highest BCUT2D eigenvalue weighted by molar-refractivity contribution is 5.85. The summed E-state index contributed by atoms with van der Waals surface area (Å²) in [5.74, 6) is 1.36. The van der Waals surface area contributed by atoms with Gasteiger partial charge in [0.2, 0.25) is 5.91 Å². The molecule has 24 heavy (non-hydrogen) atoms. The standard InChI is InChI=1S/C17H26N2O4.ClH/c1-11-7-15(21-3)16(22-4)9-14(11)12(2)19-17(20)8-13-10-23-6-5-18-13;/h7,9,12-13,18H,5-6,8,10H2,1-4H3,(H,19,20);1H. The number of morpholine rings is 1. The van der Waals surface area contributed by atoms with E-state index in [1.54, 1.807) is 14.2 Å². The SMILES string of the molecule is COc1cc(C)c(C(C)NC(=O)CC2COCCN2)cc1OC.Cl. The molecule has 2 unspecified atom stereocenters. The fourth-order valence-electron chi connectivity index (χ4n) is 2.82. The molecule has 0 aromatic heterocycles. The molecule has 1 aromatic carbocycles. The van der Waals surface area contributed by atoms with Crippen molar-refractivity contribution in [1.29, 1.82) is 0 Å². The van der Waals surface area contributed by atoms with Crippen LogP contribution in [0.15, 0.2) is 12.1 Å². The Morgan fingerprint density at radius 3 is 2.62 bits per heavy atom. The van der Waals surface area contributed by atoms with Crippen LogP contribution in [0.25, 0.3) is 0 Å². The van der Waals surface area contributed by atoms with Crippen LogP contribution in [0.4, 0.5) is 0 Å².